The van der Waals surface area contributed by atoms with Crippen molar-refractivity contribution >= 4 is 43.4 Å². The first-order chi connectivity index (χ1) is 11.6. The van der Waals surface area contributed by atoms with Gasteiger partial charge < -0.3 is 14.6 Å². The second kappa shape index (κ2) is 7.23. The summed E-state index contributed by atoms with van der Waals surface area (Å²) in [6, 6.07) is 11.8. The maximum atomic E-state index is 12.5. The van der Waals surface area contributed by atoms with Crippen LogP contribution < -0.4 is 10.1 Å². The Morgan fingerprint density at radius 2 is 2.21 bits per heavy atom. The van der Waals surface area contributed by atoms with E-state index in [1.165, 1.54) is 0 Å². The van der Waals surface area contributed by atoms with E-state index in [-0.39, 0.29) is 5.91 Å². The summed E-state index contributed by atoms with van der Waals surface area (Å²) in [5, 5.41) is 2.85. The van der Waals surface area contributed by atoms with Gasteiger partial charge in [0.25, 0.3) is 5.91 Å². The number of benzene rings is 1. The largest absolute Gasteiger partial charge is 0.496 e. The Kier molecular flexibility index (Phi) is 5.06. The number of methoxy groups -OCH3 is 1. The van der Waals surface area contributed by atoms with Crippen molar-refractivity contribution in [1.82, 2.24) is 9.88 Å². The minimum absolute atomic E-state index is 0.107. The highest BCUT2D eigenvalue weighted by Crippen LogP contribution is 2.33. The van der Waals surface area contributed by atoms with Crippen molar-refractivity contribution in [3.8, 4) is 5.75 Å². The minimum Gasteiger partial charge on any atom is -0.496 e. The fourth-order valence-electron chi connectivity index (χ4n) is 2.63. The van der Waals surface area contributed by atoms with E-state index in [2.05, 4.69) is 27.8 Å². The predicted octanol–water partition coefficient (Wildman–Crippen LogP) is 4.44. The van der Waals surface area contributed by atoms with Crippen LogP contribution in [0.5, 0.6) is 5.75 Å². The van der Waals surface area contributed by atoms with Gasteiger partial charge in [-0.05, 0) is 34.1 Å². The molecule has 0 bridgehead atoms. The van der Waals surface area contributed by atoms with Crippen LogP contribution in [0, 0.1) is 0 Å². The molecule has 1 N–H and O–H groups in total. The first-order valence-corrected chi connectivity index (χ1v) is 9.04. The molecular formula is C18H17BrN2O2S. The standard InChI is InChI=1S/C18H17BrN2O2S/c1-3-8-20-18(22)14-9-16-13(10-17(19)24-16)21(14)11-12-6-4-5-7-15(12)23-2/h3-7,9-10H,1,8,11H2,2H3,(H,20,22). The van der Waals surface area contributed by atoms with Gasteiger partial charge in [-0.15, -0.1) is 17.9 Å². The van der Waals surface area contributed by atoms with Crippen molar-refractivity contribution < 1.29 is 9.53 Å². The Balaban J connectivity index is 2.06. The molecule has 2 heterocycles. The number of halogens is 1. The molecule has 24 heavy (non-hydrogen) atoms. The van der Waals surface area contributed by atoms with Gasteiger partial charge in [-0.1, -0.05) is 24.3 Å². The Morgan fingerprint density at radius 1 is 1.42 bits per heavy atom. The summed E-state index contributed by atoms with van der Waals surface area (Å²) in [7, 11) is 1.66. The number of aromatic nitrogens is 1. The van der Waals surface area contributed by atoms with Crippen molar-refractivity contribution in [3.05, 3.63) is 64.1 Å². The lowest BCUT2D eigenvalue weighted by molar-refractivity contribution is 0.0949. The van der Waals surface area contributed by atoms with Crippen LogP contribution in [-0.2, 0) is 6.54 Å². The van der Waals surface area contributed by atoms with Crippen molar-refractivity contribution in [1.29, 1.82) is 0 Å². The van der Waals surface area contributed by atoms with E-state index in [9.17, 15) is 4.79 Å². The number of nitrogens with zero attached hydrogens (tertiary/aromatic N) is 1. The molecule has 0 fully saturated rings. The molecule has 0 unspecified atom stereocenters. The average molecular weight is 405 g/mol. The lowest BCUT2D eigenvalue weighted by Crippen LogP contribution is -2.26. The van der Waals surface area contributed by atoms with E-state index < -0.39 is 0 Å². The summed E-state index contributed by atoms with van der Waals surface area (Å²) in [5.74, 6) is 0.704. The normalized spacial score (nSPS) is 10.8. The monoisotopic (exact) mass is 404 g/mol. The van der Waals surface area contributed by atoms with Crippen molar-refractivity contribution in [2.24, 2.45) is 0 Å². The Bertz CT molecular complexity index is 898. The fourth-order valence-corrected chi connectivity index (χ4v) is 4.19. The molecule has 0 aliphatic carbocycles. The Hall–Kier alpha value is -2.05. The zero-order chi connectivity index (χ0) is 17.1. The summed E-state index contributed by atoms with van der Waals surface area (Å²) in [6.45, 7) is 4.64. The van der Waals surface area contributed by atoms with Gasteiger partial charge in [-0.25, -0.2) is 0 Å². The summed E-state index contributed by atoms with van der Waals surface area (Å²) in [4.78, 5) is 12.5. The first kappa shape index (κ1) is 16.8. The van der Waals surface area contributed by atoms with Gasteiger partial charge in [0.2, 0.25) is 0 Å². The number of para-hydroxylation sites is 1. The second-order valence-electron chi connectivity index (χ2n) is 5.23. The van der Waals surface area contributed by atoms with Crippen LogP contribution in [0.25, 0.3) is 10.2 Å². The number of fused-ring (bicyclic) bond motifs is 1. The smallest absolute Gasteiger partial charge is 0.268 e. The summed E-state index contributed by atoms with van der Waals surface area (Å²) >= 11 is 5.14. The molecule has 1 amide bonds. The molecule has 0 radical (unpaired) electrons. The molecule has 0 atom stereocenters. The SMILES string of the molecule is C=CCNC(=O)c1cc2sc(Br)cc2n1Cc1ccccc1OC. The van der Waals surface area contributed by atoms with Gasteiger partial charge >= 0.3 is 0 Å². The number of rotatable bonds is 6. The number of ether oxygens (including phenoxy) is 1. The molecule has 0 saturated heterocycles. The van der Waals surface area contributed by atoms with Crippen LogP contribution in [0.3, 0.4) is 0 Å². The number of hydrogen-bond acceptors (Lipinski definition) is 3. The lowest BCUT2D eigenvalue weighted by atomic mass is 10.2. The van der Waals surface area contributed by atoms with E-state index in [1.807, 2.05) is 41.0 Å². The maximum absolute atomic E-state index is 12.5. The predicted molar refractivity (Wildman–Crippen MR) is 102 cm³/mol. The van der Waals surface area contributed by atoms with Gasteiger partial charge in [0.05, 0.1) is 27.7 Å². The second-order valence-corrected chi connectivity index (χ2v) is 7.69. The summed E-state index contributed by atoms with van der Waals surface area (Å²) < 4.78 is 9.57. The van der Waals surface area contributed by atoms with Gasteiger partial charge in [0, 0.05) is 12.1 Å². The quantitative estimate of drug-likeness (QED) is 0.617. The lowest BCUT2D eigenvalue weighted by Gasteiger charge is -2.13. The third-order valence-electron chi connectivity index (χ3n) is 3.72. The minimum atomic E-state index is -0.107. The van der Waals surface area contributed by atoms with Crippen LogP contribution in [-0.4, -0.2) is 24.1 Å². The van der Waals surface area contributed by atoms with Crippen molar-refractivity contribution in [2.75, 3.05) is 13.7 Å². The Morgan fingerprint density at radius 3 is 2.96 bits per heavy atom. The molecule has 0 aliphatic heterocycles. The molecule has 0 spiro atoms. The van der Waals surface area contributed by atoms with E-state index >= 15 is 0 Å². The maximum Gasteiger partial charge on any atom is 0.268 e. The molecule has 6 heteroatoms. The van der Waals surface area contributed by atoms with Gasteiger partial charge in [-0.2, -0.15) is 0 Å². The van der Waals surface area contributed by atoms with E-state index in [0.29, 0.717) is 18.8 Å². The van der Waals surface area contributed by atoms with Crippen molar-refractivity contribution in [3.63, 3.8) is 0 Å². The van der Waals surface area contributed by atoms with E-state index in [4.69, 9.17) is 4.74 Å². The van der Waals surface area contributed by atoms with E-state index in [1.54, 1.807) is 24.5 Å². The highest BCUT2D eigenvalue weighted by atomic mass is 79.9. The van der Waals surface area contributed by atoms with E-state index in [0.717, 1.165) is 25.3 Å². The molecule has 1 aromatic carbocycles. The van der Waals surface area contributed by atoms with Crippen LogP contribution in [0.1, 0.15) is 16.1 Å². The Labute approximate surface area is 152 Å². The number of carbonyl (C=O) groups is 1. The molecule has 0 saturated carbocycles. The zero-order valence-electron chi connectivity index (χ0n) is 13.2. The third kappa shape index (κ3) is 3.25. The topological polar surface area (TPSA) is 43.3 Å². The van der Waals surface area contributed by atoms with Crippen LogP contribution >= 0.6 is 27.3 Å². The van der Waals surface area contributed by atoms with Crippen molar-refractivity contribution in [2.45, 2.75) is 6.54 Å². The van der Waals surface area contributed by atoms with Crippen LogP contribution in [0.4, 0.5) is 0 Å². The van der Waals surface area contributed by atoms with Crippen LogP contribution in [0.2, 0.25) is 0 Å². The molecular weight excluding hydrogens is 388 g/mol. The number of nitrogens with one attached hydrogen (secondary N) is 1. The number of thiophene rings is 1. The number of carbonyl (C=O) groups excluding carboxylic acids is 1. The molecule has 0 aliphatic rings. The van der Waals surface area contributed by atoms with Crippen LogP contribution in [0.15, 0.2) is 52.8 Å². The highest BCUT2D eigenvalue weighted by molar-refractivity contribution is 9.11. The van der Waals surface area contributed by atoms with Gasteiger partial charge in [0.1, 0.15) is 11.4 Å². The molecule has 2 aromatic heterocycles. The molecule has 124 valence electrons. The number of hydrogen-bond donors (Lipinski definition) is 1. The fraction of sp³-hybridized carbons (Fsp3) is 0.167. The first-order valence-electron chi connectivity index (χ1n) is 7.43. The average Bonchev–Trinajstić information content (AvgIpc) is 3.10. The third-order valence-corrected chi connectivity index (χ3v) is 5.29. The molecule has 3 aromatic rings. The highest BCUT2D eigenvalue weighted by Gasteiger charge is 2.18. The molecule has 3 rings (SSSR count). The summed E-state index contributed by atoms with van der Waals surface area (Å²) in [5.41, 5.74) is 2.69. The van der Waals surface area contributed by atoms with Gasteiger partial charge in [-0.3, -0.25) is 4.79 Å². The number of amides is 1. The molecule has 4 nitrogen and oxygen atoms in total. The summed E-state index contributed by atoms with van der Waals surface area (Å²) in [6.07, 6.45) is 1.67. The van der Waals surface area contributed by atoms with Gasteiger partial charge in [0.15, 0.2) is 0 Å². The zero-order valence-corrected chi connectivity index (χ0v) is 15.6.